The first-order chi connectivity index (χ1) is 14.6. The number of rotatable bonds is 3. The van der Waals surface area contributed by atoms with Crippen molar-refractivity contribution in [3.63, 3.8) is 0 Å². The summed E-state index contributed by atoms with van der Waals surface area (Å²) in [7, 11) is 0. The van der Waals surface area contributed by atoms with Gasteiger partial charge in [0.05, 0.1) is 24.3 Å². The molecule has 7 heteroatoms. The minimum atomic E-state index is -0.605. The number of ether oxygens (including phenoxy) is 2. The Bertz CT molecular complexity index is 1100. The smallest absolute Gasteiger partial charge is 0.260 e. The lowest BCUT2D eigenvalue weighted by molar-refractivity contribution is -0.0694. The van der Waals surface area contributed by atoms with Crippen molar-refractivity contribution >= 4 is 29.1 Å². The molecule has 1 fully saturated rings. The van der Waals surface area contributed by atoms with Crippen LogP contribution in [0.2, 0.25) is 0 Å². The number of carbonyl (C=O) groups excluding carboxylic acids is 1. The summed E-state index contributed by atoms with van der Waals surface area (Å²) in [6.45, 7) is 2.91. The zero-order valence-electron chi connectivity index (χ0n) is 17.3. The molecular weight excluding hydrogens is 416 g/mol. The molecule has 1 N–H and O–H groups in total. The van der Waals surface area contributed by atoms with Crippen LogP contribution >= 0.6 is 12.4 Å². The third-order valence-corrected chi connectivity index (χ3v) is 5.98. The molecule has 5 rings (SSSR count). The van der Waals surface area contributed by atoms with Crippen molar-refractivity contribution in [3.05, 3.63) is 71.0 Å². The zero-order chi connectivity index (χ0) is 20.7. The average molecular weight is 441 g/mol. The fraction of sp³-hybridized carbons (Fsp3) is 0.333. The molecule has 1 saturated heterocycles. The van der Waals surface area contributed by atoms with Gasteiger partial charge in [-0.1, -0.05) is 30.3 Å². The molecule has 1 amide bonds. The van der Waals surface area contributed by atoms with Crippen molar-refractivity contribution in [1.82, 2.24) is 9.88 Å². The second-order valence-electron chi connectivity index (χ2n) is 7.99. The molecule has 0 unspecified atom stereocenters. The van der Waals surface area contributed by atoms with E-state index in [0.717, 1.165) is 27.6 Å². The Kier molecular flexibility index (Phi) is 6.14. The number of pyridine rings is 1. The van der Waals surface area contributed by atoms with E-state index in [0.29, 0.717) is 37.4 Å². The van der Waals surface area contributed by atoms with Crippen LogP contribution in [-0.4, -0.2) is 53.0 Å². The number of amides is 1. The molecule has 2 aliphatic heterocycles. The van der Waals surface area contributed by atoms with Gasteiger partial charge in [0.25, 0.3) is 5.91 Å². The SMILES string of the molecule is Cc1ccc(Cc2cc3c(c4ccccc24)OCN([C@@H]2COCC[C@H]2O)C3=O)cn1.Cl. The Morgan fingerprint density at radius 1 is 1.19 bits per heavy atom. The van der Waals surface area contributed by atoms with Gasteiger partial charge in [-0.15, -0.1) is 12.4 Å². The van der Waals surface area contributed by atoms with Gasteiger partial charge < -0.3 is 14.6 Å². The minimum absolute atomic E-state index is 0. The molecule has 2 aromatic carbocycles. The number of fused-ring (bicyclic) bond motifs is 3. The number of carbonyl (C=O) groups is 1. The predicted molar refractivity (Wildman–Crippen MR) is 120 cm³/mol. The molecular formula is C24H25ClN2O4. The highest BCUT2D eigenvalue weighted by atomic mass is 35.5. The second kappa shape index (κ2) is 8.83. The number of aliphatic hydroxyl groups is 1. The van der Waals surface area contributed by atoms with E-state index in [1.165, 1.54) is 0 Å². The van der Waals surface area contributed by atoms with Crippen molar-refractivity contribution in [1.29, 1.82) is 0 Å². The molecule has 3 aromatic rings. The molecule has 0 spiro atoms. The third-order valence-electron chi connectivity index (χ3n) is 5.98. The summed E-state index contributed by atoms with van der Waals surface area (Å²) in [5.74, 6) is 0.490. The average Bonchev–Trinajstić information content (AvgIpc) is 2.77. The molecule has 3 heterocycles. The molecule has 0 aliphatic carbocycles. The lowest BCUT2D eigenvalue weighted by atomic mass is 9.93. The maximum absolute atomic E-state index is 13.4. The highest BCUT2D eigenvalue weighted by Gasteiger charge is 2.37. The summed E-state index contributed by atoms with van der Waals surface area (Å²) >= 11 is 0. The van der Waals surface area contributed by atoms with Crippen LogP contribution in [0.1, 0.15) is 33.6 Å². The van der Waals surface area contributed by atoms with Gasteiger partial charge in [-0.2, -0.15) is 0 Å². The summed E-state index contributed by atoms with van der Waals surface area (Å²) < 4.78 is 11.6. The van der Waals surface area contributed by atoms with Crippen LogP contribution in [0.3, 0.4) is 0 Å². The Morgan fingerprint density at radius 2 is 2.00 bits per heavy atom. The van der Waals surface area contributed by atoms with Gasteiger partial charge >= 0.3 is 0 Å². The molecule has 0 radical (unpaired) electrons. The summed E-state index contributed by atoms with van der Waals surface area (Å²) in [5, 5.41) is 12.4. The Morgan fingerprint density at radius 3 is 2.74 bits per heavy atom. The first-order valence-corrected chi connectivity index (χ1v) is 10.3. The number of hydrogen-bond donors (Lipinski definition) is 1. The first-order valence-electron chi connectivity index (χ1n) is 10.3. The number of halogens is 1. The Hall–Kier alpha value is -2.67. The van der Waals surface area contributed by atoms with E-state index in [-0.39, 0.29) is 25.0 Å². The number of aromatic nitrogens is 1. The highest BCUT2D eigenvalue weighted by Crippen LogP contribution is 2.37. The lowest BCUT2D eigenvalue weighted by Crippen LogP contribution is -2.54. The minimum Gasteiger partial charge on any atom is -0.472 e. The van der Waals surface area contributed by atoms with Crippen LogP contribution in [-0.2, 0) is 11.2 Å². The normalized spacial score (nSPS) is 20.7. The molecule has 1 aromatic heterocycles. The van der Waals surface area contributed by atoms with Crippen molar-refractivity contribution in [2.45, 2.75) is 31.9 Å². The second-order valence-corrected chi connectivity index (χ2v) is 7.99. The topological polar surface area (TPSA) is 71.9 Å². The standard InChI is InChI=1S/C24H24N2O4.ClH/c1-15-6-7-16(12-25-15)10-17-11-20-23(19-5-3-2-4-18(17)19)30-14-26(24(20)28)21-13-29-9-8-22(21)27;/h2-7,11-12,21-22,27H,8-10,13-14H2,1H3;1H/t21-,22-;/m1./s1. The zero-order valence-corrected chi connectivity index (χ0v) is 18.1. The largest absolute Gasteiger partial charge is 0.472 e. The van der Waals surface area contributed by atoms with E-state index in [9.17, 15) is 9.90 Å². The fourth-order valence-corrected chi connectivity index (χ4v) is 4.31. The number of aryl methyl sites for hydroxylation is 1. The summed E-state index contributed by atoms with van der Waals surface area (Å²) in [6, 6.07) is 13.6. The molecule has 6 nitrogen and oxygen atoms in total. The van der Waals surface area contributed by atoms with E-state index in [4.69, 9.17) is 9.47 Å². The van der Waals surface area contributed by atoms with Crippen LogP contribution in [0.4, 0.5) is 0 Å². The summed E-state index contributed by atoms with van der Waals surface area (Å²) in [5.41, 5.74) is 3.64. The van der Waals surface area contributed by atoms with Gasteiger partial charge in [0.2, 0.25) is 0 Å². The molecule has 2 atom stereocenters. The monoisotopic (exact) mass is 440 g/mol. The molecule has 31 heavy (non-hydrogen) atoms. The van der Waals surface area contributed by atoms with E-state index >= 15 is 0 Å². The van der Waals surface area contributed by atoms with Crippen molar-refractivity contribution in [2.24, 2.45) is 0 Å². The summed E-state index contributed by atoms with van der Waals surface area (Å²) in [6.07, 6.45) is 2.46. The number of aliphatic hydroxyl groups excluding tert-OH is 1. The predicted octanol–water partition coefficient (Wildman–Crippen LogP) is 3.50. The highest BCUT2D eigenvalue weighted by molar-refractivity contribution is 6.06. The van der Waals surface area contributed by atoms with Crippen molar-refractivity contribution in [3.8, 4) is 5.75 Å². The van der Waals surface area contributed by atoms with E-state index < -0.39 is 12.1 Å². The number of nitrogens with zero attached hydrogens (tertiary/aromatic N) is 2. The van der Waals surface area contributed by atoms with E-state index in [1.807, 2.05) is 43.5 Å². The first kappa shape index (κ1) is 21.6. The van der Waals surface area contributed by atoms with Crippen LogP contribution in [0, 0.1) is 6.92 Å². The van der Waals surface area contributed by atoms with Crippen LogP contribution in [0.5, 0.6) is 5.75 Å². The molecule has 2 aliphatic rings. The Labute approximate surface area is 187 Å². The van der Waals surface area contributed by atoms with Crippen molar-refractivity contribution < 1.29 is 19.4 Å². The van der Waals surface area contributed by atoms with Gasteiger partial charge in [-0.05, 0) is 48.4 Å². The van der Waals surface area contributed by atoms with Gasteiger partial charge in [-0.3, -0.25) is 14.7 Å². The molecule has 162 valence electrons. The van der Waals surface area contributed by atoms with E-state index in [1.54, 1.807) is 4.90 Å². The Balaban J connectivity index is 0.00000231. The van der Waals surface area contributed by atoms with Crippen LogP contribution in [0.25, 0.3) is 10.8 Å². The maximum Gasteiger partial charge on any atom is 0.260 e. The van der Waals surface area contributed by atoms with Crippen molar-refractivity contribution in [2.75, 3.05) is 19.9 Å². The van der Waals surface area contributed by atoms with Crippen LogP contribution < -0.4 is 4.74 Å². The fourth-order valence-electron chi connectivity index (χ4n) is 4.31. The lowest BCUT2D eigenvalue weighted by Gasteiger charge is -2.39. The van der Waals surface area contributed by atoms with Gasteiger partial charge in [-0.25, -0.2) is 0 Å². The van der Waals surface area contributed by atoms with Gasteiger partial charge in [0, 0.05) is 23.9 Å². The third kappa shape index (κ3) is 3.99. The molecule has 0 saturated carbocycles. The molecule has 0 bridgehead atoms. The maximum atomic E-state index is 13.4. The number of benzene rings is 2. The van der Waals surface area contributed by atoms with Gasteiger partial charge in [0.1, 0.15) is 5.75 Å². The van der Waals surface area contributed by atoms with E-state index in [2.05, 4.69) is 17.1 Å². The number of hydrogen-bond acceptors (Lipinski definition) is 5. The van der Waals surface area contributed by atoms with Crippen LogP contribution in [0.15, 0.2) is 48.7 Å². The quantitative estimate of drug-likeness (QED) is 0.675. The summed E-state index contributed by atoms with van der Waals surface area (Å²) in [4.78, 5) is 19.4. The van der Waals surface area contributed by atoms with Gasteiger partial charge in [0.15, 0.2) is 6.73 Å².